The number of nitrogen functional groups attached to an aromatic ring is 1. The van der Waals surface area contributed by atoms with E-state index in [1.807, 2.05) is 25.1 Å². The molecule has 0 aliphatic heterocycles. The van der Waals surface area contributed by atoms with E-state index in [9.17, 15) is 12.8 Å². The molecule has 5 nitrogen and oxygen atoms in total. The van der Waals surface area contributed by atoms with Gasteiger partial charge in [0, 0.05) is 19.8 Å². The summed E-state index contributed by atoms with van der Waals surface area (Å²) in [5.74, 6) is -0.764. The lowest BCUT2D eigenvalue weighted by atomic mass is 10.3. The molecule has 112 valence electrons. The predicted octanol–water partition coefficient (Wildman–Crippen LogP) is 2.27. The van der Waals surface area contributed by atoms with Crippen molar-refractivity contribution < 1.29 is 12.8 Å². The molecule has 3 N–H and O–H groups in total. The number of sulfonamides is 1. The fourth-order valence-electron chi connectivity index (χ4n) is 1.74. The zero-order chi connectivity index (χ0) is 15.6. The molecule has 0 saturated carbocycles. The van der Waals surface area contributed by atoms with E-state index in [1.165, 1.54) is 12.1 Å². The Morgan fingerprint density at radius 2 is 1.86 bits per heavy atom. The average Bonchev–Trinajstić information content (AvgIpc) is 2.41. The van der Waals surface area contributed by atoms with E-state index >= 15 is 0 Å². The van der Waals surface area contributed by atoms with Crippen molar-refractivity contribution in [1.82, 2.24) is 0 Å². The van der Waals surface area contributed by atoms with Crippen molar-refractivity contribution in [3.63, 3.8) is 0 Å². The normalized spacial score (nSPS) is 11.2. The first-order chi connectivity index (χ1) is 9.79. The SMILES string of the molecule is CN(C)c1cccc(NS(=O)(=O)c2ccc(N)c(F)c2)c1. The lowest BCUT2D eigenvalue weighted by molar-refractivity contribution is 0.596. The van der Waals surface area contributed by atoms with Gasteiger partial charge in [-0.2, -0.15) is 0 Å². The number of anilines is 3. The fourth-order valence-corrected chi connectivity index (χ4v) is 2.80. The Labute approximate surface area is 123 Å². The Morgan fingerprint density at radius 3 is 2.48 bits per heavy atom. The van der Waals surface area contributed by atoms with Crippen LogP contribution in [-0.2, 0) is 10.0 Å². The number of nitrogens with one attached hydrogen (secondary N) is 1. The summed E-state index contributed by atoms with van der Waals surface area (Å²) in [5.41, 5.74) is 6.50. The summed E-state index contributed by atoms with van der Waals surface area (Å²) >= 11 is 0. The molecule has 0 aliphatic carbocycles. The van der Waals surface area contributed by atoms with Crippen molar-refractivity contribution in [2.75, 3.05) is 29.5 Å². The van der Waals surface area contributed by atoms with Crippen LogP contribution in [0.15, 0.2) is 47.4 Å². The third-order valence-electron chi connectivity index (χ3n) is 2.90. The second-order valence-corrected chi connectivity index (χ2v) is 6.42. The van der Waals surface area contributed by atoms with Gasteiger partial charge in [0.25, 0.3) is 10.0 Å². The molecule has 21 heavy (non-hydrogen) atoms. The summed E-state index contributed by atoms with van der Waals surface area (Å²) in [4.78, 5) is 1.67. The Kier molecular flexibility index (Phi) is 4.04. The van der Waals surface area contributed by atoms with Crippen LogP contribution in [0.5, 0.6) is 0 Å². The number of hydrogen-bond donors (Lipinski definition) is 2. The Hall–Kier alpha value is -2.28. The topological polar surface area (TPSA) is 75.4 Å². The molecule has 0 saturated heterocycles. The van der Waals surface area contributed by atoms with Crippen LogP contribution in [0.1, 0.15) is 0 Å². The highest BCUT2D eigenvalue weighted by atomic mass is 32.2. The van der Waals surface area contributed by atoms with Crippen molar-refractivity contribution in [3.8, 4) is 0 Å². The molecule has 0 aliphatic rings. The summed E-state index contributed by atoms with van der Waals surface area (Å²) in [6.07, 6.45) is 0. The lowest BCUT2D eigenvalue weighted by Crippen LogP contribution is -2.14. The van der Waals surface area contributed by atoms with Crippen molar-refractivity contribution in [2.24, 2.45) is 0 Å². The van der Waals surface area contributed by atoms with Gasteiger partial charge in [0.15, 0.2) is 0 Å². The zero-order valence-corrected chi connectivity index (χ0v) is 12.5. The molecule has 2 aromatic carbocycles. The molecular weight excluding hydrogens is 293 g/mol. The van der Waals surface area contributed by atoms with Crippen LogP contribution in [0.3, 0.4) is 0 Å². The minimum absolute atomic E-state index is 0.0939. The number of nitrogens with two attached hydrogens (primary N) is 1. The van der Waals surface area contributed by atoms with Gasteiger partial charge in [-0.3, -0.25) is 4.72 Å². The smallest absolute Gasteiger partial charge is 0.261 e. The second kappa shape index (κ2) is 5.61. The number of benzene rings is 2. The monoisotopic (exact) mass is 309 g/mol. The third kappa shape index (κ3) is 3.43. The predicted molar refractivity (Wildman–Crippen MR) is 82.4 cm³/mol. The first-order valence-corrected chi connectivity index (χ1v) is 7.63. The standard InChI is InChI=1S/C14H16FN3O2S/c1-18(2)11-5-3-4-10(8-11)17-21(19,20)12-6-7-14(16)13(15)9-12/h3-9,17H,16H2,1-2H3. The first-order valence-electron chi connectivity index (χ1n) is 6.15. The number of nitrogens with zero attached hydrogens (tertiary/aromatic N) is 1. The van der Waals surface area contributed by atoms with Crippen LogP contribution in [0.4, 0.5) is 21.5 Å². The van der Waals surface area contributed by atoms with Gasteiger partial charge in [0.1, 0.15) is 5.82 Å². The van der Waals surface area contributed by atoms with Crippen LogP contribution in [0, 0.1) is 5.82 Å². The van der Waals surface area contributed by atoms with Crippen LogP contribution < -0.4 is 15.4 Å². The van der Waals surface area contributed by atoms with Crippen LogP contribution >= 0.6 is 0 Å². The maximum absolute atomic E-state index is 13.4. The number of halogens is 1. The van der Waals surface area contributed by atoms with Gasteiger partial charge < -0.3 is 10.6 Å². The summed E-state index contributed by atoms with van der Waals surface area (Å²) < 4.78 is 40.2. The van der Waals surface area contributed by atoms with Gasteiger partial charge in [-0.15, -0.1) is 0 Å². The van der Waals surface area contributed by atoms with Crippen LogP contribution in [-0.4, -0.2) is 22.5 Å². The molecule has 0 bridgehead atoms. The molecule has 0 atom stereocenters. The highest BCUT2D eigenvalue weighted by molar-refractivity contribution is 7.92. The molecule has 0 spiro atoms. The van der Waals surface area contributed by atoms with E-state index in [1.54, 1.807) is 18.2 Å². The molecule has 7 heteroatoms. The molecule has 0 heterocycles. The minimum Gasteiger partial charge on any atom is -0.396 e. The molecule has 2 rings (SSSR count). The van der Waals surface area contributed by atoms with Crippen molar-refractivity contribution >= 4 is 27.1 Å². The molecule has 0 amide bonds. The summed E-state index contributed by atoms with van der Waals surface area (Å²) in [6.45, 7) is 0. The lowest BCUT2D eigenvalue weighted by Gasteiger charge is -2.14. The van der Waals surface area contributed by atoms with Gasteiger partial charge in [0.2, 0.25) is 0 Å². The fraction of sp³-hybridized carbons (Fsp3) is 0.143. The van der Waals surface area contributed by atoms with E-state index in [2.05, 4.69) is 4.72 Å². The third-order valence-corrected chi connectivity index (χ3v) is 4.28. The van der Waals surface area contributed by atoms with Crippen LogP contribution in [0.25, 0.3) is 0 Å². The molecular formula is C14H16FN3O2S. The molecule has 2 aromatic rings. The van der Waals surface area contributed by atoms with E-state index < -0.39 is 15.8 Å². The number of rotatable bonds is 4. The molecule has 0 fully saturated rings. The minimum atomic E-state index is -3.86. The Bertz CT molecular complexity index is 761. The summed E-state index contributed by atoms with van der Waals surface area (Å²) in [5, 5.41) is 0. The van der Waals surface area contributed by atoms with E-state index in [0.29, 0.717) is 5.69 Å². The van der Waals surface area contributed by atoms with Crippen molar-refractivity contribution in [2.45, 2.75) is 4.90 Å². The Balaban J connectivity index is 2.33. The second-order valence-electron chi connectivity index (χ2n) is 4.73. The quantitative estimate of drug-likeness (QED) is 0.850. The van der Waals surface area contributed by atoms with Crippen molar-refractivity contribution in [3.05, 3.63) is 48.3 Å². The highest BCUT2D eigenvalue weighted by Crippen LogP contribution is 2.22. The summed E-state index contributed by atoms with van der Waals surface area (Å²) in [7, 11) is -0.159. The first kappa shape index (κ1) is 15.1. The molecule has 0 unspecified atom stereocenters. The molecule has 0 aromatic heterocycles. The van der Waals surface area contributed by atoms with Crippen LogP contribution in [0.2, 0.25) is 0 Å². The maximum atomic E-state index is 13.4. The van der Waals surface area contributed by atoms with Gasteiger partial charge in [-0.25, -0.2) is 12.8 Å². The molecule has 0 radical (unpaired) electrons. The van der Waals surface area contributed by atoms with Gasteiger partial charge in [-0.1, -0.05) is 6.07 Å². The van der Waals surface area contributed by atoms with E-state index in [4.69, 9.17) is 5.73 Å². The van der Waals surface area contributed by atoms with Gasteiger partial charge in [0.05, 0.1) is 16.3 Å². The largest absolute Gasteiger partial charge is 0.396 e. The van der Waals surface area contributed by atoms with E-state index in [-0.39, 0.29) is 10.6 Å². The maximum Gasteiger partial charge on any atom is 0.261 e. The Morgan fingerprint density at radius 1 is 1.14 bits per heavy atom. The number of hydrogen-bond acceptors (Lipinski definition) is 4. The van der Waals surface area contributed by atoms with Gasteiger partial charge in [-0.05, 0) is 36.4 Å². The average molecular weight is 309 g/mol. The van der Waals surface area contributed by atoms with Crippen molar-refractivity contribution in [1.29, 1.82) is 0 Å². The highest BCUT2D eigenvalue weighted by Gasteiger charge is 2.16. The van der Waals surface area contributed by atoms with E-state index in [0.717, 1.165) is 11.8 Å². The summed E-state index contributed by atoms with van der Waals surface area (Å²) in [6, 6.07) is 10.3. The zero-order valence-electron chi connectivity index (χ0n) is 11.7. The van der Waals surface area contributed by atoms with Gasteiger partial charge >= 0.3 is 0 Å².